The van der Waals surface area contributed by atoms with Crippen LogP contribution in [0.3, 0.4) is 0 Å². The standard InChI is InChI=1S/C8H12N2O4/c11-3-5-8(14)10-2-4(12)1-6(10)7(13)9-5/h4-6,11-12H,1-3H2,(H,9,13)/t4-,5?,6?/m0/s1. The number of rotatable bonds is 1. The van der Waals surface area contributed by atoms with Crippen molar-refractivity contribution in [2.45, 2.75) is 24.6 Å². The van der Waals surface area contributed by atoms with E-state index in [1.807, 2.05) is 0 Å². The third kappa shape index (κ3) is 1.27. The molecule has 2 amide bonds. The molecule has 2 saturated heterocycles. The summed E-state index contributed by atoms with van der Waals surface area (Å²) in [4.78, 5) is 24.3. The summed E-state index contributed by atoms with van der Waals surface area (Å²) < 4.78 is 0. The van der Waals surface area contributed by atoms with Crippen molar-refractivity contribution in [1.82, 2.24) is 10.2 Å². The van der Waals surface area contributed by atoms with E-state index in [1.54, 1.807) is 0 Å². The van der Waals surface area contributed by atoms with Gasteiger partial charge < -0.3 is 20.4 Å². The number of aliphatic hydroxyl groups excluding tert-OH is 2. The Hall–Kier alpha value is -1.14. The molecule has 3 N–H and O–H groups in total. The predicted molar refractivity (Wildman–Crippen MR) is 45.1 cm³/mol. The monoisotopic (exact) mass is 200 g/mol. The van der Waals surface area contributed by atoms with E-state index in [2.05, 4.69) is 5.32 Å². The number of nitrogens with one attached hydrogen (secondary N) is 1. The van der Waals surface area contributed by atoms with Gasteiger partial charge in [0.1, 0.15) is 12.1 Å². The lowest BCUT2D eigenvalue weighted by atomic mass is 10.1. The van der Waals surface area contributed by atoms with Crippen LogP contribution in [0.4, 0.5) is 0 Å². The number of hydrogen-bond acceptors (Lipinski definition) is 4. The van der Waals surface area contributed by atoms with Gasteiger partial charge in [-0.3, -0.25) is 9.59 Å². The molecule has 0 aromatic rings. The van der Waals surface area contributed by atoms with Gasteiger partial charge in [-0.1, -0.05) is 0 Å². The van der Waals surface area contributed by atoms with Crippen molar-refractivity contribution < 1.29 is 19.8 Å². The summed E-state index contributed by atoms with van der Waals surface area (Å²) in [6, 6.07) is -1.40. The Morgan fingerprint density at radius 2 is 2.21 bits per heavy atom. The fourth-order valence-corrected chi connectivity index (χ4v) is 1.96. The van der Waals surface area contributed by atoms with Crippen molar-refractivity contribution >= 4 is 11.8 Å². The molecule has 3 atom stereocenters. The van der Waals surface area contributed by atoms with Gasteiger partial charge in [0.2, 0.25) is 11.8 Å². The highest BCUT2D eigenvalue weighted by atomic mass is 16.3. The van der Waals surface area contributed by atoms with E-state index in [9.17, 15) is 14.7 Å². The third-order valence-corrected chi connectivity index (χ3v) is 2.66. The Morgan fingerprint density at radius 1 is 1.50 bits per heavy atom. The molecule has 2 rings (SSSR count). The van der Waals surface area contributed by atoms with Crippen molar-refractivity contribution in [1.29, 1.82) is 0 Å². The fraction of sp³-hybridized carbons (Fsp3) is 0.750. The van der Waals surface area contributed by atoms with Gasteiger partial charge in [0.15, 0.2) is 0 Å². The maximum absolute atomic E-state index is 11.6. The molecule has 6 nitrogen and oxygen atoms in total. The Balaban J connectivity index is 2.20. The molecule has 2 aliphatic heterocycles. The average Bonchev–Trinajstić information content (AvgIpc) is 2.54. The van der Waals surface area contributed by atoms with Crippen molar-refractivity contribution in [2.24, 2.45) is 0 Å². The Labute approximate surface area is 80.5 Å². The van der Waals surface area contributed by atoms with E-state index in [1.165, 1.54) is 4.90 Å². The van der Waals surface area contributed by atoms with Crippen LogP contribution in [0.1, 0.15) is 6.42 Å². The quantitative estimate of drug-likeness (QED) is 0.434. The molecule has 2 unspecified atom stereocenters. The highest BCUT2D eigenvalue weighted by molar-refractivity contribution is 5.97. The van der Waals surface area contributed by atoms with Crippen LogP contribution < -0.4 is 5.32 Å². The molecular weight excluding hydrogens is 188 g/mol. The lowest BCUT2D eigenvalue weighted by Crippen LogP contribution is -2.62. The predicted octanol–water partition coefficient (Wildman–Crippen LogP) is -2.56. The molecule has 0 bridgehead atoms. The number of amides is 2. The van der Waals surface area contributed by atoms with Gasteiger partial charge in [-0.15, -0.1) is 0 Å². The highest BCUT2D eigenvalue weighted by Gasteiger charge is 2.45. The van der Waals surface area contributed by atoms with E-state index in [4.69, 9.17) is 5.11 Å². The summed E-state index contributed by atoms with van der Waals surface area (Å²) in [6.07, 6.45) is -0.345. The Bertz CT molecular complexity index is 281. The first-order valence-corrected chi connectivity index (χ1v) is 4.53. The van der Waals surface area contributed by atoms with Crippen LogP contribution in [0, 0.1) is 0 Å². The number of carbonyl (C=O) groups is 2. The van der Waals surface area contributed by atoms with Crippen LogP contribution >= 0.6 is 0 Å². The second-order valence-electron chi connectivity index (χ2n) is 3.64. The minimum Gasteiger partial charge on any atom is -0.394 e. The third-order valence-electron chi connectivity index (χ3n) is 2.66. The zero-order valence-electron chi connectivity index (χ0n) is 7.51. The van der Waals surface area contributed by atoms with Gasteiger partial charge in [-0.05, 0) is 0 Å². The molecule has 78 valence electrons. The molecule has 0 aromatic carbocycles. The van der Waals surface area contributed by atoms with E-state index >= 15 is 0 Å². The fourth-order valence-electron chi connectivity index (χ4n) is 1.96. The van der Waals surface area contributed by atoms with Crippen LogP contribution in [-0.2, 0) is 9.59 Å². The number of hydrogen-bond donors (Lipinski definition) is 3. The summed E-state index contributed by atoms with van der Waals surface area (Å²) in [7, 11) is 0. The molecular formula is C8H12N2O4. The summed E-state index contributed by atoms with van der Waals surface area (Å²) >= 11 is 0. The molecule has 2 fully saturated rings. The van der Waals surface area contributed by atoms with Gasteiger partial charge in [0.05, 0.1) is 12.7 Å². The van der Waals surface area contributed by atoms with Gasteiger partial charge in [0, 0.05) is 13.0 Å². The van der Waals surface area contributed by atoms with E-state index in [0.717, 1.165) is 0 Å². The average molecular weight is 200 g/mol. The summed E-state index contributed by atoms with van der Waals surface area (Å²) in [5, 5.41) is 20.6. The first-order chi connectivity index (χ1) is 6.63. The van der Waals surface area contributed by atoms with Crippen LogP contribution in [0.25, 0.3) is 0 Å². The minimum atomic E-state index is -0.843. The van der Waals surface area contributed by atoms with Crippen molar-refractivity contribution in [3.8, 4) is 0 Å². The Kier molecular flexibility index (Phi) is 2.16. The second kappa shape index (κ2) is 3.21. The largest absolute Gasteiger partial charge is 0.394 e. The van der Waals surface area contributed by atoms with E-state index in [0.29, 0.717) is 0 Å². The smallest absolute Gasteiger partial charge is 0.248 e. The van der Waals surface area contributed by atoms with Gasteiger partial charge in [-0.2, -0.15) is 0 Å². The number of piperazine rings is 1. The summed E-state index contributed by atoms with van der Waals surface area (Å²) in [5.74, 6) is -0.603. The lowest BCUT2D eigenvalue weighted by Gasteiger charge is -2.33. The number of aliphatic hydroxyl groups is 2. The molecule has 0 aliphatic carbocycles. The second-order valence-corrected chi connectivity index (χ2v) is 3.64. The van der Waals surface area contributed by atoms with Gasteiger partial charge in [-0.25, -0.2) is 0 Å². The zero-order chi connectivity index (χ0) is 10.3. The minimum absolute atomic E-state index is 0.188. The number of fused-ring (bicyclic) bond motifs is 1. The van der Waals surface area contributed by atoms with Crippen molar-refractivity contribution in [3.63, 3.8) is 0 Å². The molecule has 6 heteroatoms. The van der Waals surface area contributed by atoms with E-state index < -0.39 is 24.8 Å². The molecule has 0 radical (unpaired) electrons. The van der Waals surface area contributed by atoms with Crippen LogP contribution in [0.5, 0.6) is 0 Å². The number of nitrogens with zero attached hydrogens (tertiary/aromatic N) is 1. The van der Waals surface area contributed by atoms with Gasteiger partial charge in [0.25, 0.3) is 0 Å². The molecule has 0 spiro atoms. The van der Waals surface area contributed by atoms with Crippen LogP contribution in [0.15, 0.2) is 0 Å². The molecule has 2 heterocycles. The summed E-state index contributed by atoms with van der Waals surface area (Å²) in [6.45, 7) is -0.211. The normalized spacial score (nSPS) is 37.0. The lowest BCUT2D eigenvalue weighted by molar-refractivity contribution is -0.148. The highest BCUT2D eigenvalue weighted by Crippen LogP contribution is 2.22. The summed E-state index contributed by atoms with van der Waals surface area (Å²) in [5.41, 5.74) is 0. The molecule has 0 aromatic heterocycles. The van der Waals surface area contributed by atoms with Gasteiger partial charge >= 0.3 is 0 Å². The maximum atomic E-state index is 11.6. The SMILES string of the molecule is O=C1NC(CO)C(=O)N2C[C@@H](O)CC12. The molecule has 14 heavy (non-hydrogen) atoms. The maximum Gasteiger partial charge on any atom is 0.248 e. The van der Waals surface area contributed by atoms with Crippen LogP contribution in [-0.4, -0.2) is 58.3 Å². The number of carbonyl (C=O) groups excluding carboxylic acids is 2. The van der Waals surface area contributed by atoms with E-state index in [-0.39, 0.29) is 24.8 Å². The van der Waals surface area contributed by atoms with Crippen molar-refractivity contribution in [3.05, 3.63) is 0 Å². The Morgan fingerprint density at radius 3 is 2.86 bits per heavy atom. The van der Waals surface area contributed by atoms with Crippen molar-refractivity contribution in [2.75, 3.05) is 13.2 Å². The molecule has 0 saturated carbocycles. The zero-order valence-corrected chi connectivity index (χ0v) is 7.51. The molecule has 2 aliphatic rings. The topological polar surface area (TPSA) is 89.9 Å². The first kappa shape index (κ1) is 9.42. The van der Waals surface area contributed by atoms with Crippen LogP contribution in [0.2, 0.25) is 0 Å². The first-order valence-electron chi connectivity index (χ1n) is 4.53.